The molecule has 27 heavy (non-hydrogen) atoms. The topological polar surface area (TPSA) is 70.0 Å². The molecular weight excluding hydrogens is 340 g/mol. The molecule has 2 atom stereocenters. The van der Waals surface area contributed by atoms with E-state index in [0.29, 0.717) is 25.1 Å². The van der Waals surface area contributed by atoms with Crippen molar-refractivity contribution < 1.29 is 14.7 Å². The van der Waals surface area contributed by atoms with E-state index in [9.17, 15) is 14.7 Å². The van der Waals surface area contributed by atoms with Gasteiger partial charge in [-0.3, -0.25) is 14.6 Å². The Kier molecular flexibility index (Phi) is 5.51. The first-order valence-corrected chi connectivity index (χ1v) is 9.23. The van der Waals surface area contributed by atoms with Crippen LogP contribution in [0.3, 0.4) is 0 Å². The molecule has 0 bridgehead atoms. The number of hydrogen-bond donors (Lipinski definition) is 1. The molecule has 0 saturated heterocycles. The quantitative estimate of drug-likeness (QED) is 0.604. The van der Waals surface area contributed by atoms with Gasteiger partial charge in [0.25, 0.3) is 5.91 Å². The van der Waals surface area contributed by atoms with Crippen LogP contribution in [0.1, 0.15) is 30.6 Å². The third-order valence-corrected chi connectivity index (χ3v) is 5.04. The number of rotatable bonds is 7. The minimum atomic E-state index is -1.31. The van der Waals surface area contributed by atoms with Gasteiger partial charge in [0.1, 0.15) is 6.29 Å². The lowest BCUT2D eigenvalue weighted by Crippen LogP contribution is -2.41. The van der Waals surface area contributed by atoms with E-state index in [2.05, 4.69) is 4.99 Å². The third-order valence-electron chi connectivity index (χ3n) is 5.04. The van der Waals surface area contributed by atoms with E-state index in [4.69, 9.17) is 0 Å². The maximum Gasteiger partial charge on any atom is 0.255 e. The molecule has 3 rings (SSSR count). The fourth-order valence-electron chi connectivity index (χ4n) is 3.18. The van der Waals surface area contributed by atoms with Gasteiger partial charge in [0.15, 0.2) is 5.60 Å². The number of carbonyl (C=O) groups excluding carboxylic acids is 2. The lowest BCUT2D eigenvalue weighted by molar-refractivity contribution is -0.142. The second kappa shape index (κ2) is 7.84. The second-order valence-corrected chi connectivity index (χ2v) is 6.78. The van der Waals surface area contributed by atoms with Crippen molar-refractivity contribution >= 4 is 24.1 Å². The summed E-state index contributed by atoms with van der Waals surface area (Å²) in [5.41, 5.74) is 2.08. The summed E-state index contributed by atoms with van der Waals surface area (Å²) in [6, 6.07) is 15.1. The largest absolute Gasteiger partial charge is 0.379 e. The Labute approximate surface area is 159 Å². The highest BCUT2D eigenvalue weighted by molar-refractivity contribution is 5.94. The molecule has 1 saturated carbocycles. The summed E-state index contributed by atoms with van der Waals surface area (Å²) in [6.07, 6.45) is 2.91. The highest BCUT2D eigenvalue weighted by atomic mass is 16.3. The molecule has 1 fully saturated rings. The molecule has 2 unspecified atom stereocenters. The van der Waals surface area contributed by atoms with Gasteiger partial charge in [-0.25, -0.2) is 0 Å². The molecular formula is C22H24N2O3. The highest BCUT2D eigenvalue weighted by Crippen LogP contribution is 2.44. The average molecular weight is 364 g/mol. The molecule has 0 aromatic heterocycles. The number of amides is 1. The summed E-state index contributed by atoms with van der Waals surface area (Å²) >= 11 is 0. The summed E-state index contributed by atoms with van der Waals surface area (Å²) in [7, 11) is 0. The Balaban J connectivity index is 1.71. The summed E-state index contributed by atoms with van der Waals surface area (Å²) in [4.78, 5) is 29.3. The smallest absolute Gasteiger partial charge is 0.255 e. The van der Waals surface area contributed by atoms with E-state index in [1.165, 1.54) is 0 Å². The summed E-state index contributed by atoms with van der Waals surface area (Å²) in [5, 5.41) is 10.5. The zero-order chi connectivity index (χ0) is 19.4. The first-order chi connectivity index (χ1) is 13.0. The molecule has 1 N–H and O–H groups in total. The molecule has 1 amide bonds. The zero-order valence-corrected chi connectivity index (χ0v) is 15.6. The van der Waals surface area contributed by atoms with Gasteiger partial charge in [-0.1, -0.05) is 36.4 Å². The van der Waals surface area contributed by atoms with Crippen molar-refractivity contribution in [2.24, 2.45) is 10.9 Å². The van der Waals surface area contributed by atoms with Crippen molar-refractivity contribution in [2.75, 3.05) is 13.1 Å². The molecule has 1 aliphatic rings. The van der Waals surface area contributed by atoms with Crippen molar-refractivity contribution in [3.8, 4) is 11.1 Å². The second-order valence-electron chi connectivity index (χ2n) is 6.78. The lowest BCUT2D eigenvalue weighted by atomic mass is 10.0. The summed E-state index contributed by atoms with van der Waals surface area (Å²) in [5.74, 6) is -0.464. The average Bonchev–Trinajstić information content (AvgIpc) is 3.39. The molecule has 2 aromatic carbocycles. The van der Waals surface area contributed by atoms with E-state index in [0.717, 1.165) is 23.1 Å². The van der Waals surface area contributed by atoms with Crippen molar-refractivity contribution in [3.63, 3.8) is 0 Å². The monoisotopic (exact) mass is 364 g/mol. The van der Waals surface area contributed by atoms with Gasteiger partial charge in [-0.2, -0.15) is 0 Å². The molecule has 5 nitrogen and oxygen atoms in total. The predicted molar refractivity (Wildman–Crippen MR) is 106 cm³/mol. The highest BCUT2D eigenvalue weighted by Gasteiger charge is 2.59. The minimum Gasteiger partial charge on any atom is -0.379 e. The van der Waals surface area contributed by atoms with Crippen LogP contribution in [0, 0.1) is 5.92 Å². The van der Waals surface area contributed by atoms with Gasteiger partial charge in [0, 0.05) is 30.8 Å². The number of aliphatic hydroxyl groups is 1. The van der Waals surface area contributed by atoms with Gasteiger partial charge >= 0.3 is 0 Å². The van der Waals surface area contributed by atoms with Crippen LogP contribution < -0.4 is 0 Å². The van der Waals surface area contributed by atoms with E-state index >= 15 is 0 Å². The maximum absolute atomic E-state index is 12.4. The van der Waals surface area contributed by atoms with E-state index in [1.54, 1.807) is 23.2 Å². The normalized spacial score (nSPS) is 21.2. The Bertz CT molecular complexity index is 856. The number of hydrogen-bond acceptors (Lipinski definition) is 4. The fraction of sp³-hybridized carbons (Fsp3) is 0.318. The maximum atomic E-state index is 12.4. The third kappa shape index (κ3) is 3.98. The van der Waals surface area contributed by atoms with E-state index in [1.807, 2.05) is 50.2 Å². The van der Waals surface area contributed by atoms with Crippen LogP contribution in [0.15, 0.2) is 53.5 Å². The van der Waals surface area contributed by atoms with Crippen molar-refractivity contribution in [3.05, 3.63) is 54.1 Å². The van der Waals surface area contributed by atoms with Crippen molar-refractivity contribution in [1.29, 1.82) is 0 Å². The number of aliphatic imine (C=N–C) groups is 1. The van der Waals surface area contributed by atoms with Crippen LogP contribution in [0.5, 0.6) is 0 Å². The molecule has 0 heterocycles. The standard InChI is InChI=1S/C22H24N2O3/c1-3-24(4-2)21(26)22(27)13-19(22)14-23-20-7-5-6-18(12-20)17-10-8-16(15-25)9-11-17/h5-12,14-15,19,27H,3-4,13H2,1-2H3/b23-14+. The molecule has 140 valence electrons. The minimum absolute atomic E-state index is 0.215. The van der Waals surface area contributed by atoms with Crippen LogP contribution in [-0.4, -0.2) is 47.1 Å². The molecule has 2 aromatic rings. The first kappa shape index (κ1) is 19.0. The van der Waals surface area contributed by atoms with Crippen molar-refractivity contribution in [1.82, 2.24) is 4.90 Å². The van der Waals surface area contributed by atoms with Gasteiger partial charge in [0.05, 0.1) is 5.69 Å². The zero-order valence-electron chi connectivity index (χ0n) is 15.6. The van der Waals surface area contributed by atoms with Gasteiger partial charge < -0.3 is 10.0 Å². The van der Waals surface area contributed by atoms with Crippen LogP contribution >= 0.6 is 0 Å². The fourth-order valence-corrected chi connectivity index (χ4v) is 3.18. The predicted octanol–water partition coefficient (Wildman–Crippen LogP) is 3.49. The number of aldehydes is 1. The molecule has 1 aliphatic carbocycles. The lowest BCUT2D eigenvalue weighted by Gasteiger charge is -2.22. The summed E-state index contributed by atoms with van der Waals surface area (Å²) in [6.45, 7) is 4.99. The van der Waals surface area contributed by atoms with Gasteiger partial charge in [-0.15, -0.1) is 0 Å². The van der Waals surface area contributed by atoms with Crippen LogP contribution in [-0.2, 0) is 4.79 Å². The number of carbonyl (C=O) groups is 2. The Morgan fingerprint density at radius 1 is 1.19 bits per heavy atom. The molecule has 5 heteroatoms. The van der Waals surface area contributed by atoms with Gasteiger partial charge in [-0.05, 0) is 43.5 Å². The van der Waals surface area contributed by atoms with Gasteiger partial charge in [0.2, 0.25) is 0 Å². The number of likely N-dealkylation sites (N-methyl/N-ethyl adjacent to an activating group) is 1. The number of benzene rings is 2. The molecule has 0 radical (unpaired) electrons. The Hall–Kier alpha value is -2.79. The summed E-state index contributed by atoms with van der Waals surface area (Å²) < 4.78 is 0. The van der Waals surface area contributed by atoms with Crippen LogP contribution in [0.25, 0.3) is 11.1 Å². The van der Waals surface area contributed by atoms with E-state index < -0.39 is 5.60 Å². The molecule has 0 aliphatic heterocycles. The van der Waals surface area contributed by atoms with Crippen LogP contribution in [0.2, 0.25) is 0 Å². The number of nitrogens with zero attached hydrogens (tertiary/aromatic N) is 2. The van der Waals surface area contributed by atoms with Crippen LogP contribution in [0.4, 0.5) is 5.69 Å². The van der Waals surface area contributed by atoms with Crippen molar-refractivity contribution in [2.45, 2.75) is 25.9 Å². The Morgan fingerprint density at radius 2 is 1.89 bits per heavy atom. The SMILES string of the molecule is CCN(CC)C(=O)C1(O)CC1/C=N/c1cccc(-c2ccc(C=O)cc2)c1. The molecule has 0 spiro atoms. The first-order valence-electron chi connectivity index (χ1n) is 9.23. The van der Waals surface area contributed by atoms with E-state index in [-0.39, 0.29) is 11.8 Å². The Morgan fingerprint density at radius 3 is 2.52 bits per heavy atom.